The lowest BCUT2D eigenvalue weighted by Gasteiger charge is -2.34. The second-order valence-corrected chi connectivity index (χ2v) is 12.0. The fraction of sp³-hybridized carbons (Fsp3) is 0.429. The highest BCUT2D eigenvalue weighted by Gasteiger charge is 2.26. The molecular weight excluding hydrogens is 484 g/mol. The molecule has 1 saturated carbocycles. The van der Waals surface area contributed by atoms with Crippen molar-refractivity contribution in [2.45, 2.75) is 50.5 Å². The van der Waals surface area contributed by atoms with E-state index in [9.17, 15) is 8.42 Å². The minimum Gasteiger partial charge on any atom is -0.369 e. The molecule has 0 amide bonds. The van der Waals surface area contributed by atoms with Crippen LogP contribution in [0.15, 0.2) is 53.6 Å². The van der Waals surface area contributed by atoms with Crippen LogP contribution in [-0.2, 0) is 16.4 Å². The van der Waals surface area contributed by atoms with Crippen LogP contribution in [0.1, 0.15) is 41.6 Å². The molecule has 0 bridgehead atoms. The quantitative estimate of drug-likeness (QED) is 0.464. The van der Waals surface area contributed by atoms with Gasteiger partial charge in [0.1, 0.15) is 0 Å². The molecule has 1 aliphatic carbocycles. The van der Waals surface area contributed by atoms with Gasteiger partial charge < -0.3 is 15.1 Å². The van der Waals surface area contributed by atoms with Gasteiger partial charge in [0, 0.05) is 56.2 Å². The number of nitrogens with one attached hydrogen (secondary N) is 2. The molecule has 1 saturated heterocycles. The van der Waals surface area contributed by atoms with Crippen molar-refractivity contribution in [3.8, 4) is 0 Å². The Labute approximate surface area is 220 Å². The molecule has 37 heavy (non-hydrogen) atoms. The van der Waals surface area contributed by atoms with E-state index < -0.39 is 10.0 Å². The molecule has 0 atom stereocenters. The minimum atomic E-state index is -3.54. The van der Waals surface area contributed by atoms with E-state index in [2.05, 4.69) is 56.1 Å². The molecule has 2 aliphatic rings. The van der Waals surface area contributed by atoms with Crippen molar-refractivity contribution in [2.24, 2.45) is 0 Å². The Morgan fingerprint density at radius 2 is 1.70 bits per heavy atom. The van der Waals surface area contributed by atoms with Crippen molar-refractivity contribution >= 4 is 27.3 Å². The highest BCUT2D eigenvalue weighted by Crippen LogP contribution is 2.25. The van der Waals surface area contributed by atoms with Crippen molar-refractivity contribution in [1.82, 2.24) is 19.6 Å². The van der Waals surface area contributed by atoms with Crippen molar-refractivity contribution in [1.29, 1.82) is 0 Å². The SMILES string of the molecule is Cc1ccc(Cc2nc(Nc3ccc(N4CCN(C)CC4)cc3)ncc2C)cc1S(=O)(=O)NC1CCC1. The first-order chi connectivity index (χ1) is 17.8. The fourth-order valence-electron chi connectivity index (χ4n) is 4.71. The first kappa shape index (κ1) is 25.6. The van der Waals surface area contributed by atoms with Crippen LogP contribution >= 0.6 is 0 Å². The van der Waals surface area contributed by atoms with Crippen LogP contribution in [0.3, 0.4) is 0 Å². The summed E-state index contributed by atoms with van der Waals surface area (Å²) < 4.78 is 28.8. The number of aromatic nitrogens is 2. The first-order valence-electron chi connectivity index (χ1n) is 13.0. The second kappa shape index (κ2) is 10.8. The number of nitrogens with zero attached hydrogens (tertiary/aromatic N) is 4. The summed E-state index contributed by atoms with van der Waals surface area (Å²) in [6.45, 7) is 8.04. The fourth-order valence-corrected chi connectivity index (χ4v) is 6.31. The van der Waals surface area contributed by atoms with Gasteiger partial charge in [0.25, 0.3) is 0 Å². The zero-order chi connectivity index (χ0) is 26.0. The van der Waals surface area contributed by atoms with E-state index in [1.54, 1.807) is 6.07 Å². The van der Waals surface area contributed by atoms with E-state index in [4.69, 9.17) is 4.98 Å². The number of hydrogen-bond donors (Lipinski definition) is 2. The Morgan fingerprint density at radius 3 is 2.38 bits per heavy atom. The van der Waals surface area contributed by atoms with Gasteiger partial charge in [-0.05, 0) is 80.8 Å². The summed E-state index contributed by atoms with van der Waals surface area (Å²) in [6, 6.07) is 14.1. The number of likely N-dealkylation sites (N-methyl/N-ethyl adjacent to an activating group) is 1. The molecule has 2 N–H and O–H groups in total. The Hall–Kier alpha value is -3.01. The summed E-state index contributed by atoms with van der Waals surface area (Å²) in [5.41, 5.74) is 5.64. The third-order valence-electron chi connectivity index (χ3n) is 7.41. The third-order valence-corrected chi connectivity index (χ3v) is 9.07. The van der Waals surface area contributed by atoms with Crippen molar-refractivity contribution in [2.75, 3.05) is 43.4 Å². The molecule has 5 rings (SSSR count). The van der Waals surface area contributed by atoms with Gasteiger partial charge in [-0.15, -0.1) is 0 Å². The van der Waals surface area contributed by atoms with Crippen molar-refractivity contribution in [3.63, 3.8) is 0 Å². The lowest BCUT2D eigenvalue weighted by atomic mass is 9.94. The minimum absolute atomic E-state index is 0.0569. The number of benzene rings is 2. The highest BCUT2D eigenvalue weighted by atomic mass is 32.2. The Balaban J connectivity index is 1.29. The molecule has 0 spiro atoms. The number of aryl methyl sites for hydroxylation is 2. The summed E-state index contributed by atoms with van der Waals surface area (Å²) in [5.74, 6) is 0.527. The smallest absolute Gasteiger partial charge is 0.241 e. The molecule has 2 heterocycles. The summed E-state index contributed by atoms with van der Waals surface area (Å²) in [7, 11) is -1.38. The van der Waals surface area contributed by atoms with E-state index >= 15 is 0 Å². The lowest BCUT2D eigenvalue weighted by Crippen LogP contribution is -2.44. The van der Waals surface area contributed by atoms with Crippen LogP contribution in [0.4, 0.5) is 17.3 Å². The van der Waals surface area contributed by atoms with Gasteiger partial charge in [0.2, 0.25) is 16.0 Å². The number of hydrogen-bond acceptors (Lipinski definition) is 7. The van der Waals surface area contributed by atoms with Gasteiger partial charge in [-0.25, -0.2) is 23.1 Å². The van der Waals surface area contributed by atoms with E-state index in [-0.39, 0.29) is 6.04 Å². The zero-order valence-electron chi connectivity index (χ0n) is 21.9. The topological polar surface area (TPSA) is 90.5 Å². The highest BCUT2D eigenvalue weighted by molar-refractivity contribution is 7.89. The number of piperazine rings is 1. The lowest BCUT2D eigenvalue weighted by molar-refractivity contribution is 0.313. The van der Waals surface area contributed by atoms with Crippen LogP contribution in [0.25, 0.3) is 0 Å². The molecule has 196 valence electrons. The standard InChI is InChI=1S/C28H36N6O2S/c1-20-7-8-22(18-27(20)37(35,36)32-24-5-4-6-24)17-26-21(2)19-29-28(31-26)30-23-9-11-25(12-10-23)34-15-13-33(3)14-16-34/h7-12,18-19,24,32H,4-6,13-17H2,1-3H3,(H,29,30,31). The maximum atomic E-state index is 13.0. The van der Waals surface area contributed by atoms with Gasteiger partial charge in [0.05, 0.1) is 10.6 Å². The van der Waals surface area contributed by atoms with Gasteiger partial charge in [-0.3, -0.25) is 0 Å². The molecule has 2 aromatic carbocycles. The summed E-state index contributed by atoms with van der Waals surface area (Å²) in [4.78, 5) is 14.3. The predicted molar refractivity (Wildman–Crippen MR) is 148 cm³/mol. The summed E-state index contributed by atoms with van der Waals surface area (Å²) >= 11 is 0. The average molecular weight is 521 g/mol. The third kappa shape index (κ3) is 6.11. The van der Waals surface area contributed by atoms with E-state index in [0.717, 1.165) is 73.5 Å². The van der Waals surface area contributed by atoms with Gasteiger partial charge in [-0.1, -0.05) is 18.6 Å². The van der Waals surface area contributed by atoms with Crippen LogP contribution < -0.4 is 14.9 Å². The Kier molecular flexibility index (Phi) is 7.46. The first-order valence-corrected chi connectivity index (χ1v) is 14.5. The number of rotatable bonds is 8. The average Bonchev–Trinajstić information content (AvgIpc) is 2.86. The zero-order valence-corrected chi connectivity index (χ0v) is 22.7. The molecule has 0 radical (unpaired) electrons. The Bertz CT molecular complexity index is 1350. The molecule has 0 unspecified atom stereocenters. The number of sulfonamides is 1. The van der Waals surface area contributed by atoms with Crippen LogP contribution in [0.2, 0.25) is 0 Å². The summed E-state index contributed by atoms with van der Waals surface area (Å²) in [6.07, 6.45) is 5.24. The molecule has 1 aromatic heterocycles. The Morgan fingerprint density at radius 1 is 0.973 bits per heavy atom. The number of anilines is 3. The molecule has 3 aromatic rings. The van der Waals surface area contributed by atoms with E-state index in [1.165, 1.54) is 5.69 Å². The normalized spacial score (nSPS) is 17.0. The predicted octanol–water partition coefficient (Wildman–Crippen LogP) is 4.01. The molecule has 8 nitrogen and oxygen atoms in total. The van der Waals surface area contributed by atoms with E-state index in [1.807, 2.05) is 32.2 Å². The van der Waals surface area contributed by atoms with Gasteiger partial charge in [-0.2, -0.15) is 0 Å². The molecular formula is C28H36N6O2S. The van der Waals surface area contributed by atoms with Crippen LogP contribution in [0, 0.1) is 13.8 Å². The van der Waals surface area contributed by atoms with Crippen molar-refractivity contribution < 1.29 is 8.42 Å². The largest absolute Gasteiger partial charge is 0.369 e. The van der Waals surface area contributed by atoms with Crippen molar-refractivity contribution in [3.05, 3.63) is 71.0 Å². The maximum absolute atomic E-state index is 13.0. The maximum Gasteiger partial charge on any atom is 0.241 e. The monoisotopic (exact) mass is 520 g/mol. The van der Waals surface area contributed by atoms with E-state index in [0.29, 0.717) is 17.3 Å². The van der Waals surface area contributed by atoms with Gasteiger partial charge >= 0.3 is 0 Å². The molecule has 9 heteroatoms. The molecule has 1 aliphatic heterocycles. The van der Waals surface area contributed by atoms with Gasteiger partial charge in [0.15, 0.2) is 0 Å². The summed E-state index contributed by atoms with van der Waals surface area (Å²) in [5, 5.41) is 3.32. The molecule has 2 fully saturated rings. The van der Waals surface area contributed by atoms with Crippen LogP contribution in [-0.4, -0.2) is 62.6 Å². The van der Waals surface area contributed by atoms with Crippen LogP contribution in [0.5, 0.6) is 0 Å². The second-order valence-electron chi connectivity index (χ2n) is 10.3.